The Bertz CT molecular complexity index is 462. The summed E-state index contributed by atoms with van der Waals surface area (Å²) in [6, 6.07) is 7.95. The van der Waals surface area contributed by atoms with Crippen molar-refractivity contribution < 1.29 is 8.42 Å². The summed E-state index contributed by atoms with van der Waals surface area (Å²) in [6.07, 6.45) is 6.04. The Balaban J connectivity index is 2.28. The predicted octanol–water partition coefficient (Wildman–Crippen LogP) is 2.18. The van der Waals surface area contributed by atoms with Crippen LogP contribution in [0.3, 0.4) is 0 Å². The van der Waals surface area contributed by atoms with E-state index in [-0.39, 0.29) is 4.90 Å². The van der Waals surface area contributed by atoms with E-state index in [2.05, 4.69) is 6.07 Å². The van der Waals surface area contributed by atoms with Crippen molar-refractivity contribution in [2.45, 2.75) is 42.9 Å². The molecule has 0 amide bonds. The molecular weight excluding hydrogens is 222 g/mol. The number of hydrogen-bond donors (Lipinski definition) is 1. The lowest BCUT2D eigenvalue weighted by Gasteiger charge is -2.22. The van der Waals surface area contributed by atoms with Crippen molar-refractivity contribution in [2.75, 3.05) is 0 Å². The maximum absolute atomic E-state index is 11.2. The van der Waals surface area contributed by atoms with Crippen LogP contribution >= 0.6 is 0 Å². The number of hydrogen-bond acceptors (Lipinski definition) is 2. The lowest BCUT2D eigenvalue weighted by molar-refractivity contribution is 0.443. The molecule has 1 saturated carbocycles. The van der Waals surface area contributed by atoms with Gasteiger partial charge in [-0.15, -0.1) is 0 Å². The van der Waals surface area contributed by atoms with Crippen molar-refractivity contribution in [1.82, 2.24) is 0 Å². The van der Waals surface area contributed by atoms with Crippen molar-refractivity contribution in [3.8, 4) is 0 Å². The van der Waals surface area contributed by atoms with Crippen molar-refractivity contribution in [3.63, 3.8) is 0 Å². The molecule has 1 aromatic rings. The van der Waals surface area contributed by atoms with Gasteiger partial charge in [0, 0.05) is 6.07 Å². The van der Waals surface area contributed by atoms with Crippen LogP contribution in [-0.2, 0) is 10.0 Å². The fourth-order valence-corrected chi connectivity index (χ4v) is 2.85. The third kappa shape index (κ3) is 2.62. The van der Waals surface area contributed by atoms with Gasteiger partial charge in [0.15, 0.2) is 0 Å². The standard InChI is InChI=1S/C12H16NO2S/c13-16(14,15)12-8-4-7-11(9-12)10-5-2-1-3-6-10/h4,7,9-10H,1-3,5-6H2,(H2,13,14,15). The van der Waals surface area contributed by atoms with Crippen LogP contribution in [0.5, 0.6) is 0 Å². The van der Waals surface area contributed by atoms with E-state index in [1.807, 2.05) is 6.07 Å². The second-order valence-electron chi connectivity index (χ2n) is 4.37. The highest BCUT2D eigenvalue weighted by Gasteiger charge is 2.17. The highest BCUT2D eigenvalue weighted by molar-refractivity contribution is 7.89. The fraction of sp³-hybridized carbons (Fsp3) is 0.500. The van der Waals surface area contributed by atoms with Crippen LogP contribution in [0.4, 0.5) is 0 Å². The maximum atomic E-state index is 11.2. The van der Waals surface area contributed by atoms with Crippen molar-refractivity contribution in [3.05, 3.63) is 29.8 Å². The molecule has 0 aliphatic heterocycles. The molecule has 0 spiro atoms. The molecule has 0 saturated heterocycles. The molecule has 1 radical (unpaired) electrons. The molecule has 2 rings (SSSR count). The van der Waals surface area contributed by atoms with Crippen LogP contribution in [0.25, 0.3) is 0 Å². The second-order valence-corrected chi connectivity index (χ2v) is 5.90. The summed E-state index contributed by atoms with van der Waals surface area (Å²) in [7, 11) is -3.62. The van der Waals surface area contributed by atoms with Gasteiger partial charge in [0.1, 0.15) is 0 Å². The Kier molecular flexibility index (Phi) is 3.30. The Morgan fingerprint density at radius 3 is 2.56 bits per heavy atom. The summed E-state index contributed by atoms with van der Waals surface area (Å²) in [5.74, 6) is 0.490. The summed E-state index contributed by atoms with van der Waals surface area (Å²) in [5, 5.41) is 5.10. The number of rotatable bonds is 2. The Morgan fingerprint density at radius 2 is 1.94 bits per heavy atom. The number of benzene rings is 1. The van der Waals surface area contributed by atoms with Gasteiger partial charge in [0.25, 0.3) is 0 Å². The molecule has 1 aromatic carbocycles. The first-order valence-corrected chi connectivity index (χ1v) is 7.16. The smallest absolute Gasteiger partial charge is 0.225 e. The van der Waals surface area contributed by atoms with Crippen LogP contribution < -0.4 is 5.14 Å². The fourth-order valence-electron chi connectivity index (χ4n) is 2.32. The van der Waals surface area contributed by atoms with Crippen LogP contribution in [0.15, 0.2) is 23.1 Å². The van der Waals surface area contributed by atoms with Crippen molar-refractivity contribution >= 4 is 10.0 Å². The van der Waals surface area contributed by atoms with Crippen LogP contribution in [0, 0.1) is 6.07 Å². The average Bonchev–Trinajstić information content (AvgIpc) is 2.29. The van der Waals surface area contributed by atoms with Gasteiger partial charge in [-0.3, -0.25) is 0 Å². The van der Waals surface area contributed by atoms with Crippen LogP contribution in [0.2, 0.25) is 0 Å². The van der Waals surface area contributed by atoms with Gasteiger partial charge in [-0.05, 0) is 30.4 Å². The monoisotopic (exact) mass is 238 g/mol. The molecule has 0 heterocycles. The average molecular weight is 238 g/mol. The van der Waals surface area contributed by atoms with Crippen LogP contribution in [-0.4, -0.2) is 8.42 Å². The largest absolute Gasteiger partial charge is 0.238 e. The molecule has 0 unspecified atom stereocenters. The normalized spacial score (nSPS) is 18.6. The predicted molar refractivity (Wildman–Crippen MR) is 62.5 cm³/mol. The number of nitrogens with two attached hydrogens (primary N) is 1. The maximum Gasteiger partial charge on any atom is 0.238 e. The molecule has 0 aromatic heterocycles. The summed E-state index contributed by atoms with van der Waals surface area (Å²) in [6.45, 7) is 0. The molecule has 1 fully saturated rings. The second kappa shape index (κ2) is 4.55. The highest BCUT2D eigenvalue weighted by Crippen LogP contribution is 2.33. The minimum atomic E-state index is -3.62. The van der Waals surface area contributed by atoms with Crippen molar-refractivity contribution in [2.24, 2.45) is 5.14 Å². The Morgan fingerprint density at radius 1 is 1.25 bits per heavy atom. The summed E-state index contributed by atoms with van der Waals surface area (Å²) in [5.41, 5.74) is 1.09. The number of sulfonamides is 1. The lowest BCUT2D eigenvalue weighted by atomic mass is 9.84. The Labute approximate surface area is 96.7 Å². The van der Waals surface area contributed by atoms with E-state index >= 15 is 0 Å². The zero-order chi connectivity index (χ0) is 11.6. The van der Waals surface area contributed by atoms with Gasteiger partial charge in [0.2, 0.25) is 10.0 Å². The first kappa shape index (κ1) is 11.6. The molecule has 2 N–H and O–H groups in total. The summed E-state index contributed by atoms with van der Waals surface area (Å²) >= 11 is 0. The van der Waals surface area contributed by atoms with Gasteiger partial charge >= 0.3 is 0 Å². The van der Waals surface area contributed by atoms with E-state index < -0.39 is 10.0 Å². The molecule has 16 heavy (non-hydrogen) atoms. The molecule has 87 valence electrons. The van der Waals surface area contributed by atoms with Crippen LogP contribution in [0.1, 0.15) is 43.6 Å². The van der Waals surface area contributed by atoms with E-state index in [1.165, 1.54) is 19.3 Å². The quantitative estimate of drug-likeness (QED) is 0.858. The molecule has 0 bridgehead atoms. The lowest BCUT2D eigenvalue weighted by Crippen LogP contribution is -2.13. The van der Waals surface area contributed by atoms with Gasteiger partial charge in [0.05, 0.1) is 4.90 Å². The minimum Gasteiger partial charge on any atom is -0.225 e. The number of primary sulfonamides is 1. The van der Waals surface area contributed by atoms with E-state index in [0.29, 0.717) is 5.92 Å². The summed E-state index contributed by atoms with van der Waals surface area (Å²) < 4.78 is 22.4. The minimum absolute atomic E-state index is 0.107. The van der Waals surface area contributed by atoms with Crippen molar-refractivity contribution in [1.29, 1.82) is 0 Å². The van der Waals surface area contributed by atoms with Gasteiger partial charge in [-0.25, -0.2) is 13.6 Å². The van der Waals surface area contributed by atoms with E-state index in [0.717, 1.165) is 18.4 Å². The van der Waals surface area contributed by atoms with Gasteiger partial charge in [-0.2, -0.15) is 0 Å². The SMILES string of the molecule is NS(=O)(=O)c1[c]ccc(C2CCCCC2)c1. The third-order valence-electron chi connectivity index (χ3n) is 3.18. The third-order valence-corrected chi connectivity index (χ3v) is 4.03. The van der Waals surface area contributed by atoms with Gasteiger partial charge in [-0.1, -0.05) is 31.4 Å². The zero-order valence-corrected chi connectivity index (χ0v) is 9.96. The first-order chi connectivity index (χ1) is 7.57. The summed E-state index contributed by atoms with van der Waals surface area (Å²) in [4.78, 5) is 0.107. The van der Waals surface area contributed by atoms with E-state index in [4.69, 9.17) is 5.14 Å². The molecule has 1 aliphatic carbocycles. The highest BCUT2D eigenvalue weighted by atomic mass is 32.2. The zero-order valence-electron chi connectivity index (χ0n) is 9.15. The van der Waals surface area contributed by atoms with E-state index in [1.54, 1.807) is 12.1 Å². The molecule has 1 aliphatic rings. The topological polar surface area (TPSA) is 60.2 Å². The molecular formula is C12H16NO2S. The van der Waals surface area contributed by atoms with Gasteiger partial charge < -0.3 is 0 Å². The molecule has 4 heteroatoms. The van der Waals surface area contributed by atoms with E-state index in [9.17, 15) is 8.42 Å². The molecule has 0 atom stereocenters. The molecule has 3 nitrogen and oxygen atoms in total. The first-order valence-electron chi connectivity index (χ1n) is 5.62. The Hall–Kier alpha value is -0.870.